The van der Waals surface area contributed by atoms with Crippen LogP contribution in [0.5, 0.6) is 0 Å². The number of hydrogen-bond acceptors (Lipinski definition) is 9. The van der Waals surface area contributed by atoms with Crippen molar-refractivity contribution in [3.8, 4) is 0 Å². The fourth-order valence-electron chi connectivity index (χ4n) is 1.93. The Morgan fingerprint density at radius 1 is 0.833 bits per heavy atom. The molecule has 1 aromatic heterocycles. The molecule has 1 aromatic rings. The number of imide groups is 1. The summed E-state index contributed by atoms with van der Waals surface area (Å²) in [5.41, 5.74) is -2.28. The second-order valence-corrected chi connectivity index (χ2v) is 9.43. The Balaban J connectivity index is 3.22. The van der Waals surface area contributed by atoms with Gasteiger partial charge in [-0.15, -0.1) is 5.10 Å². The van der Waals surface area contributed by atoms with E-state index in [4.69, 9.17) is 18.9 Å². The molecule has 0 N–H and O–H groups in total. The number of anilines is 1. The first-order valence-electron chi connectivity index (χ1n) is 9.41. The smallest absolute Gasteiger partial charge is 0.443 e. The largest absolute Gasteiger partial charge is 0.509 e. The van der Waals surface area contributed by atoms with E-state index in [0.717, 1.165) is 0 Å². The minimum atomic E-state index is -1.00. The fraction of sp³-hybridized carbons (Fsp3) is 0.650. The van der Waals surface area contributed by atoms with E-state index >= 15 is 0 Å². The lowest BCUT2D eigenvalue weighted by Crippen LogP contribution is -2.44. The van der Waals surface area contributed by atoms with Crippen molar-refractivity contribution in [1.29, 1.82) is 0 Å². The van der Waals surface area contributed by atoms with Crippen LogP contribution in [0.1, 0.15) is 67.9 Å². The molecule has 168 valence electrons. The second kappa shape index (κ2) is 9.27. The number of hydrogen-bond donors (Lipinski definition) is 0. The van der Waals surface area contributed by atoms with Crippen LogP contribution >= 0.6 is 0 Å². The number of carbonyl (C=O) groups excluding carboxylic acids is 3. The van der Waals surface area contributed by atoms with Crippen LogP contribution < -0.4 is 4.90 Å². The van der Waals surface area contributed by atoms with Crippen LogP contribution in [0, 0.1) is 0 Å². The zero-order chi connectivity index (χ0) is 23.3. The summed E-state index contributed by atoms with van der Waals surface area (Å²) in [5, 5.41) is 7.61. The molecular formula is C20H31N3O7. The minimum Gasteiger partial charge on any atom is -0.443 e. The lowest BCUT2D eigenvalue weighted by atomic mass is 10.2. The quantitative estimate of drug-likeness (QED) is 0.505. The molecule has 0 saturated carbocycles. The van der Waals surface area contributed by atoms with Crippen LogP contribution in [0.25, 0.3) is 0 Å². The van der Waals surface area contributed by atoms with E-state index in [9.17, 15) is 14.4 Å². The molecule has 0 unspecified atom stereocenters. The van der Waals surface area contributed by atoms with Crippen LogP contribution in [-0.2, 0) is 25.6 Å². The topological polar surface area (TPSA) is 117 Å². The molecule has 1 heterocycles. The van der Waals surface area contributed by atoms with Crippen LogP contribution in [-0.4, -0.2) is 45.3 Å². The van der Waals surface area contributed by atoms with Gasteiger partial charge in [0.2, 0.25) is 0 Å². The zero-order valence-corrected chi connectivity index (χ0v) is 19.1. The third-order valence-corrected chi connectivity index (χ3v) is 2.88. The van der Waals surface area contributed by atoms with Gasteiger partial charge in [0.1, 0.15) is 23.4 Å². The molecule has 10 heteroatoms. The van der Waals surface area contributed by atoms with Gasteiger partial charge in [-0.25, -0.2) is 14.4 Å². The normalized spacial score (nSPS) is 12.0. The summed E-state index contributed by atoms with van der Waals surface area (Å²) in [6.45, 7) is 14.7. The number of amides is 2. The molecule has 0 atom stereocenters. The van der Waals surface area contributed by atoms with Crippen LogP contribution in [0.3, 0.4) is 0 Å². The zero-order valence-electron chi connectivity index (χ0n) is 19.1. The van der Waals surface area contributed by atoms with Gasteiger partial charge in [0, 0.05) is 5.56 Å². The third kappa shape index (κ3) is 9.06. The van der Waals surface area contributed by atoms with Crippen molar-refractivity contribution >= 4 is 24.2 Å². The first-order valence-corrected chi connectivity index (χ1v) is 9.41. The lowest BCUT2D eigenvalue weighted by Gasteiger charge is -2.28. The summed E-state index contributed by atoms with van der Waals surface area (Å²) in [7, 11) is 0. The molecule has 30 heavy (non-hydrogen) atoms. The Morgan fingerprint density at radius 2 is 1.30 bits per heavy atom. The third-order valence-electron chi connectivity index (χ3n) is 2.88. The van der Waals surface area contributed by atoms with Crippen molar-refractivity contribution in [3.05, 3.63) is 17.8 Å². The van der Waals surface area contributed by atoms with Crippen molar-refractivity contribution in [2.45, 2.75) is 85.7 Å². The SMILES string of the molecule is CC(C)(C)OC(=O)OCc1ccnnc1N(C(=O)OC(C)(C)C)C(=O)OC(C)(C)C. The maximum atomic E-state index is 12.8. The van der Waals surface area contributed by atoms with E-state index in [1.807, 2.05) is 0 Å². The van der Waals surface area contributed by atoms with E-state index < -0.39 is 35.1 Å². The highest BCUT2D eigenvalue weighted by molar-refractivity contribution is 6.09. The van der Waals surface area contributed by atoms with Gasteiger partial charge in [-0.2, -0.15) is 10.00 Å². The van der Waals surface area contributed by atoms with Gasteiger partial charge in [-0.1, -0.05) is 0 Å². The maximum Gasteiger partial charge on any atom is 0.509 e. The molecular weight excluding hydrogens is 394 g/mol. The predicted octanol–water partition coefficient (Wildman–Crippen LogP) is 4.60. The number of nitrogens with zero attached hydrogens (tertiary/aromatic N) is 3. The molecule has 1 rings (SSSR count). The number of rotatable bonds is 3. The first kappa shape index (κ1) is 25.1. The molecule has 0 saturated heterocycles. The highest BCUT2D eigenvalue weighted by Gasteiger charge is 2.35. The van der Waals surface area contributed by atoms with E-state index in [1.54, 1.807) is 62.3 Å². The van der Waals surface area contributed by atoms with E-state index in [0.29, 0.717) is 4.90 Å². The Kier molecular flexibility index (Phi) is 7.76. The molecule has 0 bridgehead atoms. The highest BCUT2D eigenvalue weighted by Crippen LogP contribution is 2.24. The average molecular weight is 425 g/mol. The molecule has 0 aliphatic rings. The van der Waals surface area contributed by atoms with Crippen molar-refractivity contribution in [2.24, 2.45) is 0 Å². The summed E-state index contributed by atoms with van der Waals surface area (Å²) in [4.78, 5) is 38.0. The molecule has 0 fully saturated rings. The standard InChI is InChI=1S/C20H31N3O7/c1-18(2,3)28-15(24)23(16(25)29-19(4,5)6)14-13(10-11-21-22-14)12-27-17(26)30-20(7,8)9/h10-11H,12H2,1-9H3. The van der Waals surface area contributed by atoms with Gasteiger partial charge in [0.25, 0.3) is 0 Å². The average Bonchev–Trinajstić information content (AvgIpc) is 2.49. The van der Waals surface area contributed by atoms with E-state index in [-0.39, 0.29) is 18.0 Å². The Bertz CT molecular complexity index is 746. The fourth-order valence-corrected chi connectivity index (χ4v) is 1.93. The van der Waals surface area contributed by atoms with E-state index in [1.165, 1.54) is 12.3 Å². The van der Waals surface area contributed by atoms with Crippen molar-refractivity contribution in [3.63, 3.8) is 0 Å². The summed E-state index contributed by atoms with van der Waals surface area (Å²) in [6.07, 6.45) is -1.59. The van der Waals surface area contributed by atoms with Gasteiger partial charge in [-0.3, -0.25) is 0 Å². The molecule has 0 aliphatic heterocycles. The minimum absolute atomic E-state index is 0.176. The van der Waals surface area contributed by atoms with Crippen LogP contribution in [0.4, 0.5) is 20.2 Å². The number of aromatic nitrogens is 2. The molecule has 0 aliphatic carbocycles. The molecule has 10 nitrogen and oxygen atoms in total. The van der Waals surface area contributed by atoms with Gasteiger partial charge in [-0.05, 0) is 68.4 Å². The summed E-state index contributed by atoms with van der Waals surface area (Å²) in [5.74, 6) is -0.176. The molecule has 2 amide bonds. The summed E-state index contributed by atoms with van der Waals surface area (Å²) in [6, 6.07) is 1.45. The van der Waals surface area contributed by atoms with Gasteiger partial charge < -0.3 is 18.9 Å². The van der Waals surface area contributed by atoms with Gasteiger partial charge >= 0.3 is 18.3 Å². The van der Waals surface area contributed by atoms with Gasteiger partial charge in [0.05, 0.1) is 6.20 Å². The monoisotopic (exact) mass is 425 g/mol. The highest BCUT2D eigenvalue weighted by atomic mass is 16.7. The lowest BCUT2D eigenvalue weighted by molar-refractivity contribution is -0.0107. The van der Waals surface area contributed by atoms with Crippen molar-refractivity contribution in [1.82, 2.24) is 10.2 Å². The van der Waals surface area contributed by atoms with Crippen molar-refractivity contribution in [2.75, 3.05) is 4.90 Å². The van der Waals surface area contributed by atoms with Crippen molar-refractivity contribution < 1.29 is 33.3 Å². The molecule has 0 spiro atoms. The summed E-state index contributed by atoms with van der Waals surface area (Å²) >= 11 is 0. The Labute approximate surface area is 176 Å². The first-order chi connectivity index (χ1) is 13.5. The summed E-state index contributed by atoms with van der Waals surface area (Å²) < 4.78 is 20.8. The number of ether oxygens (including phenoxy) is 4. The predicted molar refractivity (Wildman–Crippen MR) is 108 cm³/mol. The second-order valence-electron chi connectivity index (χ2n) is 9.43. The maximum absolute atomic E-state index is 12.8. The molecule has 0 radical (unpaired) electrons. The van der Waals surface area contributed by atoms with Gasteiger partial charge in [0.15, 0.2) is 5.82 Å². The van der Waals surface area contributed by atoms with Crippen LogP contribution in [0.15, 0.2) is 12.3 Å². The Morgan fingerprint density at radius 3 is 1.73 bits per heavy atom. The number of carbonyl (C=O) groups is 3. The van der Waals surface area contributed by atoms with Crippen LogP contribution in [0.2, 0.25) is 0 Å². The molecule has 0 aromatic carbocycles. The Hall–Kier alpha value is -2.91. The van der Waals surface area contributed by atoms with E-state index in [2.05, 4.69) is 10.2 Å².